The minimum atomic E-state index is -0.317. The van der Waals surface area contributed by atoms with E-state index in [1.54, 1.807) is 13.8 Å². The molecule has 0 saturated heterocycles. The van der Waals surface area contributed by atoms with Crippen LogP contribution in [0.3, 0.4) is 0 Å². The maximum atomic E-state index is 13.7. The Balaban J connectivity index is 1.25. The molecule has 3 aliphatic rings. The van der Waals surface area contributed by atoms with Crippen LogP contribution in [0.2, 0.25) is 0 Å². The standard InChI is InChI=1S/C45H55N2O5/c1-7-46(8-2)34-23-25-38-41(29-34)52-42-30-35(47(9-3)10-4)24-26-39(42)43(38)36-21-17-18-22-37(36)45(50)51-27-19-15-13-11-12-14-16-20-33-28-40(48)31(5)32(6)44(33)49/h17-18,21-26,28-30H,7-16,19-20,27H2,1-6H3/q+1. The van der Waals surface area contributed by atoms with Gasteiger partial charge in [-0.2, -0.15) is 0 Å². The number of anilines is 1. The predicted octanol–water partition coefficient (Wildman–Crippen LogP) is 9.55. The number of ether oxygens (including phenoxy) is 1. The third-order valence-electron chi connectivity index (χ3n) is 10.6. The highest BCUT2D eigenvalue weighted by atomic mass is 16.5. The van der Waals surface area contributed by atoms with Crippen molar-refractivity contribution in [3.05, 3.63) is 94.4 Å². The van der Waals surface area contributed by atoms with E-state index < -0.39 is 0 Å². The molecule has 0 fully saturated rings. The third-order valence-corrected chi connectivity index (χ3v) is 10.6. The minimum Gasteiger partial charge on any atom is -0.462 e. The number of nitrogens with zero attached hydrogens (tertiary/aromatic N) is 2. The van der Waals surface area contributed by atoms with E-state index >= 15 is 0 Å². The van der Waals surface area contributed by atoms with E-state index in [4.69, 9.17) is 9.15 Å². The number of allylic oxidation sites excluding steroid dienone is 4. The lowest BCUT2D eigenvalue weighted by Crippen LogP contribution is -2.29. The summed E-state index contributed by atoms with van der Waals surface area (Å²) in [4.78, 5) is 40.5. The fourth-order valence-corrected chi connectivity index (χ4v) is 7.27. The number of hydrogen-bond acceptors (Lipinski definition) is 6. The van der Waals surface area contributed by atoms with Gasteiger partial charge in [0.05, 0.1) is 18.2 Å². The maximum Gasteiger partial charge on any atom is 0.338 e. The molecule has 2 aliphatic carbocycles. The van der Waals surface area contributed by atoms with Gasteiger partial charge >= 0.3 is 5.97 Å². The van der Waals surface area contributed by atoms with Gasteiger partial charge in [0.2, 0.25) is 5.36 Å². The van der Waals surface area contributed by atoms with Crippen molar-refractivity contribution in [2.24, 2.45) is 0 Å². The van der Waals surface area contributed by atoms with Crippen molar-refractivity contribution in [3.8, 4) is 22.5 Å². The second-order valence-corrected chi connectivity index (χ2v) is 13.7. The molecule has 5 rings (SSSR count). The number of Topliss-reactive ketones (excluding diaryl/α,β-unsaturated/α-hetero) is 1. The van der Waals surface area contributed by atoms with Gasteiger partial charge in [-0.25, -0.2) is 9.37 Å². The first kappa shape index (κ1) is 38.5. The highest BCUT2D eigenvalue weighted by Crippen LogP contribution is 2.42. The SMILES string of the molecule is CCN(CC)c1ccc2c(-c3ccccc3C(=O)OCCCCCCCCCC3=CC(=O)C(C)=C(C)C3=O)c3ccc(=[N+](CC)CC)cc-3oc2c1. The fraction of sp³-hybridized carbons (Fsp3) is 0.422. The number of carbonyl (C=O) groups is 3. The van der Waals surface area contributed by atoms with E-state index in [2.05, 4.69) is 73.6 Å². The van der Waals surface area contributed by atoms with Crippen molar-refractivity contribution in [3.63, 3.8) is 0 Å². The highest BCUT2D eigenvalue weighted by Gasteiger charge is 2.24. The number of rotatable bonds is 17. The molecule has 0 saturated carbocycles. The summed E-state index contributed by atoms with van der Waals surface area (Å²) in [6.07, 6.45) is 9.13. The van der Waals surface area contributed by atoms with E-state index in [1.165, 1.54) is 6.08 Å². The largest absolute Gasteiger partial charge is 0.462 e. The summed E-state index contributed by atoms with van der Waals surface area (Å²) < 4.78 is 14.8. The second kappa shape index (κ2) is 18.1. The van der Waals surface area contributed by atoms with Crippen LogP contribution in [-0.2, 0) is 14.3 Å². The molecule has 2 aromatic rings. The molecular formula is C45H55N2O5+. The van der Waals surface area contributed by atoms with Gasteiger partial charge in [-0.1, -0.05) is 50.3 Å². The number of fused-ring (bicyclic) bond motifs is 2. The summed E-state index contributed by atoms with van der Waals surface area (Å²) in [7, 11) is 0. The Morgan fingerprint density at radius 1 is 0.769 bits per heavy atom. The van der Waals surface area contributed by atoms with Crippen molar-refractivity contribution in [2.45, 2.75) is 92.9 Å². The van der Waals surface area contributed by atoms with Crippen molar-refractivity contribution < 1.29 is 23.5 Å². The predicted molar refractivity (Wildman–Crippen MR) is 212 cm³/mol. The van der Waals surface area contributed by atoms with Gasteiger partial charge in [-0.15, -0.1) is 0 Å². The summed E-state index contributed by atoms with van der Waals surface area (Å²) >= 11 is 0. The van der Waals surface area contributed by atoms with Crippen LogP contribution in [0.1, 0.15) is 103 Å². The van der Waals surface area contributed by atoms with Gasteiger partial charge in [-0.05, 0) is 96.7 Å². The summed E-state index contributed by atoms with van der Waals surface area (Å²) in [6.45, 7) is 16.0. The molecule has 52 heavy (non-hydrogen) atoms. The second-order valence-electron chi connectivity index (χ2n) is 13.7. The van der Waals surface area contributed by atoms with E-state index in [1.807, 2.05) is 24.3 Å². The Morgan fingerprint density at radius 2 is 1.46 bits per heavy atom. The van der Waals surface area contributed by atoms with Crippen LogP contribution in [0, 0.1) is 0 Å². The van der Waals surface area contributed by atoms with Crippen molar-refractivity contribution in [1.82, 2.24) is 4.58 Å². The van der Waals surface area contributed by atoms with Crippen LogP contribution >= 0.6 is 0 Å². The van der Waals surface area contributed by atoms with E-state index in [-0.39, 0.29) is 17.5 Å². The fourth-order valence-electron chi connectivity index (χ4n) is 7.27. The Labute approximate surface area is 309 Å². The average molecular weight is 704 g/mol. The number of carbonyl (C=O) groups excluding carboxylic acids is 3. The Bertz CT molecular complexity index is 2020. The molecule has 7 nitrogen and oxygen atoms in total. The lowest BCUT2D eigenvalue weighted by molar-refractivity contribution is -0.116. The molecule has 0 N–H and O–H groups in total. The minimum absolute atomic E-state index is 0.0178. The molecular weight excluding hydrogens is 649 g/mol. The number of esters is 1. The average Bonchev–Trinajstić information content (AvgIpc) is 3.16. The molecule has 0 spiro atoms. The van der Waals surface area contributed by atoms with Crippen molar-refractivity contribution in [1.29, 1.82) is 0 Å². The molecule has 2 aromatic carbocycles. The van der Waals surface area contributed by atoms with Crippen LogP contribution in [0.4, 0.5) is 5.69 Å². The van der Waals surface area contributed by atoms with Gasteiger partial charge in [0.1, 0.15) is 24.4 Å². The molecule has 0 radical (unpaired) electrons. The van der Waals surface area contributed by atoms with E-state index in [0.29, 0.717) is 35.3 Å². The quantitative estimate of drug-likeness (QED) is 0.0358. The lowest BCUT2D eigenvalue weighted by atomic mass is 9.88. The highest BCUT2D eigenvalue weighted by molar-refractivity contribution is 6.22. The Kier molecular flexibility index (Phi) is 13.4. The lowest BCUT2D eigenvalue weighted by Gasteiger charge is -2.22. The molecule has 0 bridgehead atoms. The van der Waals surface area contributed by atoms with Gasteiger partial charge in [-0.3, -0.25) is 9.59 Å². The number of hydrogen-bond donors (Lipinski definition) is 0. The number of unbranched alkanes of at least 4 members (excludes halogenated alkanes) is 6. The number of benzene rings is 3. The van der Waals surface area contributed by atoms with Gasteiger partial charge in [0.15, 0.2) is 11.6 Å². The van der Waals surface area contributed by atoms with Gasteiger partial charge in [0.25, 0.3) is 0 Å². The molecule has 0 aromatic heterocycles. The smallest absolute Gasteiger partial charge is 0.338 e. The third kappa shape index (κ3) is 8.63. The molecule has 7 heteroatoms. The first-order valence-corrected chi connectivity index (χ1v) is 19.3. The zero-order chi connectivity index (χ0) is 37.2. The molecule has 0 unspecified atom stereocenters. The summed E-state index contributed by atoms with van der Waals surface area (Å²) in [5.41, 5.74) is 6.99. The molecule has 1 heterocycles. The maximum absolute atomic E-state index is 13.7. The van der Waals surface area contributed by atoms with Crippen molar-refractivity contribution >= 4 is 34.2 Å². The van der Waals surface area contributed by atoms with Crippen molar-refractivity contribution in [2.75, 3.05) is 37.7 Å². The molecule has 0 atom stereocenters. The topological polar surface area (TPSA) is 79.8 Å². The van der Waals surface area contributed by atoms with Crippen LogP contribution in [0.25, 0.3) is 33.4 Å². The van der Waals surface area contributed by atoms with Gasteiger partial charge in [0, 0.05) is 64.1 Å². The normalized spacial score (nSPS) is 13.2. The zero-order valence-electron chi connectivity index (χ0n) is 32.0. The molecule has 0 amide bonds. The van der Waals surface area contributed by atoms with E-state index in [0.717, 1.165) is 116 Å². The zero-order valence-corrected chi connectivity index (χ0v) is 32.0. The Hall–Kier alpha value is -4.78. The summed E-state index contributed by atoms with van der Waals surface area (Å²) in [5, 5.41) is 2.06. The van der Waals surface area contributed by atoms with Crippen LogP contribution in [0.15, 0.2) is 87.9 Å². The van der Waals surface area contributed by atoms with E-state index in [9.17, 15) is 14.4 Å². The van der Waals surface area contributed by atoms with Crippen LogP contribution < -0.4 is 14.8 Å². The molecule has 1 aliphatic heterocycles. The van der Waals surface area contributed by atoms with Crippen LogP contribution in [-0.4, -0.2) is 50.3 Å². The van der Waals surface area contributed by atoms with Gasteiger partial charge < -0.3 is 14.1 Å². The number of ketones is 2. The Morgan fingerprint density at radius 3 is 2.17 bits per heavy atom. The molecule has 274 valence electrons. The summed E-state index contributed by atoms with van der Waals surface area (Å²) in [6, 6.07) is 20.5. The monoisotopic (exact) mass is 703 g/mol. The summed E-state index contributed by atoms with van der Waals surface area (Å²) in [5.74, 6) is 0.443. The first-order chi connectivity index (χ1) is 25.2. The first-order valence-electron chi connectivity index (χ1n) is 19.3. The van der Waals surface area contributed by atoms with Crippen LogP contribution in [0.5, 0.6) is 0 Å².